The predicted octanol–water partition coefficient (Wildman–Crippen LogP) is 4.16. The van der Waals surface area contributed by atoms with E-state index in [9.17, 15) is 4.79 Å². The number of rotatable bonds is 8. The molecular formula is C23H33BN4O3. The number of carbonyl (C=O) groups is 1. The first-order valence-corrected chi connectivity index (χ1v) is 11.0. The highest BCUT2D eigenvalue weighted by atomic mass is 16.7. The molecule has 0 amide bonds. The van der Waals surface area contributed by atoms with Crippen LogP contribution in [0.15, 0.2) is 18.3 Å². The molecule has 1 aliphatic rings. The maximum absolute atomic E-state index is 12.4. The highest BCUT2D eigenvalue weighted by Gasteiger charge is 2.40. The van der Waals surface area contributed by atoms with Gasteiger partial charge in [-0.25, -0.2) is 4.98 Å². The van der Waals surface area contributed by atoms with Crippen LogP contribution in [0, 0.1) is 13.8 Å². The highest BCUT2D eigenvalue weighted by molar-refractivity contribution is 6.64. The molecular weight excluding hydrogens is 391 g/mol. The summed E-state index contributed by atoms with van der Waals surface area (Å²) in [6.45, 7) is 14.3. The lowest BCUT2D eigenvalue weighted by Gasteiger charge is -2.19. The Hall–Kier alpha value is -2.45. The Kier molecular flexibility index (Phi) is 7.01. The quantitative estimate of drug-likeness (QED) is 0.486. The maximum Gasteiger partial charge on any atom is 0.495 e. The first kappa shape index (κ1) is 23.2. The van der Waals surface area contributed by atoms with Crippen LogP contribution in [0.1, 0.15) is 68.9 Å². The van der Waals surface area contributed by atoms with Gasteiger partial charge in [0.15, 0.2) is 5.78 Å². The summed E-state index contributed by atoms with van der Waals surface area (Å²) in [6, 6.07) is 4.15. The smallest absolute Gasteiger partial charge is 0.404 e. The van der Waals surface area contributed by atoms with Crippen LogP contribution in [-0.2, 0) is 9.31 Å². The van der Waals surface area contributed by atoms with Gasteiger partial charge in [0, 0.05) is 29.1 Å². The van der Waals surface area contributed by atoms with Crippen molar-refractivity contribution in [3.63, 3.8) is 0 Å². The van der Waals surface area contributed by atoms with Gasteiger partial charge in [-0.1, -0.05) is 13.8 Å². The zero-order valence-corrected chi connectivity index (χ0v) is 19.6. The Morgan fingerprint density at radius 3 is 2.52 bits per heavy atom. The third-order valence-electron chi connectivity index (χ3n) is 5.56. The van der Waals surface area contributed by atoms with Crippen LogP contribution in [-0.4, -0.2) is 41.1 Å². The number of ketones is 1. The van der Waals surface area contributed by atoms with Crippen molar-refractivity contribution in [3.8, 4) is 0 Å². The monoisotopic (exact) mass is 424 g/mol. The minimum Gasteiger partial charge on any atom is -0.404 e. The number of hydrogen-bond acceptors (Lipinski definition) is 7. The van der Waals surface area contributed by atoms with E-state index in [1.807, 2.05) is 39.8 Å². The highest BCUT2D eigenvalue weighted by Crippen LogP contribution is 2.25. The Morgan fingerprint density at radius 2 is 1.94 bits per heavy atom. The number of benzene rings is 1. The summed E-state index contributed by atoms with van der Waals surface area (Å²) in [6.07, 6.45) is 3.84. The van der Waals surface area contributed by atoms with Crippen LogP contribution in [0.5, 0.6) is 0 Å². The zero-order valence-electron chi connectivity index (χ0n) is 19.6. The third kappa shape index (κ3) is 5.43. The Labute approximate surface area is 185 Å². The van der Waals surface area contributed by atoms with Gasteiger partial charge in [0.2, 0.25) is 5.95 Å². The fraction of sp³-hybridized carbons (Fsp3) is 0.522. The van der Waals surface area contributed by atoms with Crippen molar-refractivity contribution in [1.29, 1.82) is 0 Å². The van der Waals surface area contributed by atoms with Crippen molar-refractivity contribution in [3.05, 3.63) is 35.0 Å². The van der Waals surface area contributed by atoms with Crippen molar-refractivity contribution in [2.24, 2.45) is 0 Å². The standard InChI is InChI=1S/C23H33BN4O3/c1-8-17(9-2)26-21-15(4)12-25-22(28-21)27-18-10-14(3)20(19(11-18)16(5)29)24-30-13-23(6,7)31-24/h10-12,17H,8-9,13H2,1-7H3,(H2,25,26,27,28). The minimum atomic E-state index is -0.547. The molecule has 2 heterocycles. The van der Waals surface area contributed by atoms with Crippen molar-refractivity contribution < 1.29 is 14.1 Å². The summed E-state index contributed by atoms with van der Waals surface area (Å²) in [5, 5.41) is 6.74. The van der Waals surface area contributed by atoms with E-state index in [0.29, 0.717) is 24.2 Å². The minimum absolute atomic E-state index is 0.0421. The van der Waals surface area contributed by atoms with Crippen LogP contribution in [0.2, 0.25) is 0 Å². The van der Waals surface area contributed by atoms with E-state index in [1.54, 1.807) is 13.1 Å². The van der Waals surface area contributed by atoms with Crippen molar-refractivity contribution in [2.45, 2.75) is 73.0 Å². The molecule has 166 valence electrons. The molecule has 1 aliphatic heterocycles. The molecule has 1 aromatic carbocycles. The van der Waals surface area contributed by atoms with Crippen molar-refractivity contribution in [2.75, 3.05) is 17.2 Å². The zero-order chi connectivity index (χ0) is 22.8. The second-order valence-corrected chi connectivity index (χ2v) is 8.84. The molecule has 2 N–H and O–H groups in total. The number of aryl methyl sites for hydroxylation is 2. The maximum atomic E-state index is 12.4. The van der Waals surface area contributed by atoms with Crippen molar-refractivity contribution >= 4 is 35.8 Å². The van der Waals surface area contributed by atoms with Crippen molar-refractivity contribution in [1.82, 2.24) is 9.97 Å². The molecule has 7 nitrogen and oxygen atoms in total. The molecule has 1 aromatic heterocycles. The number of hydrogen-bond donors (Lipinski definition) is 2. The molecule has 2 aromatic rings. The molecule has 1 fully saturated rings. The molecule has 8 heteroatoms. The molecule has 0 saturated carbocycles. The topological polar surface area (TPSA) is 85.4 Å². The molecule has 0 radical (unpaired) electrons. The van der Waals surface area contributed by atoms with E-state index in [0.717, 1.165) is 40.9 Å². The number of nitrogens with one attached hydrogen (secondary N) is 2. The van der Waals surface area contributed by atoms with E-state index in [4.69, 9.17) is 9.31 Å². The number of Topliss-reactive ketones (excluding diaryl/α,β-unsaturated/α-hetero) is 1. The number of carbonyl (C=O) groups excluding carboxylic acids is 1. The number of aromatic nitrogens is 2. The molecule has 3 rings (SSSR count). The van der Waals surface area contributed by atoms with Gasteiger partial charge in [0.05, 0.1) is 12.2 Å². The Balaban J connectivity index is 1.90. The lowest BCUT2D eigenvalue weighted by molar-refractivity contribution is 0.101. The van der Waals surface area contributed by atoms with Crippen LogP contribution in [0.3, 0.4) is 0 Å². The van der Waals surface area contributed by atoms with Gasteiger partial charge < -0.3 is 19.9 Å². The van der Waals surface area contributed by atoms with Gasteiger partial charge in [-0.2, -0.15) is 4.98 Å². The number of nitrogens with zero attached hydrogens (tertiary/aromatic N) is 2. The van der Waals surface area contributed by atoms with Crippen LogP contribution < -0.4 is 16.1 Å². The first-order valence-electron chi connectivity index (χ1n) is 11.0. The molecule has 0 unspecified atom stereocenters. The van der Waals surface area contributed by atoms with Gasteiger partial charge in [0.25, 0.3) is 0 Å². The predicted molar refractivity (Wildman–Crippen MR) is 126 cm³/mol. The average molecular weight is 424 g/mol. The average Bonchev–Trinajstić information content (AvgIpc) is 3.07. The summed E-state index contributed by atoms with van der Waals surface area (Å²) in [5.41, 5.74) is 3.64. The Morgan fingerprint density at radius 1 is 1.23 bits per heavy atom. The second-order valence-electron chi connectivity index (χ2n) is 8.84. The first-order chi connectivity index (χ1) is 14.6. The van der Waals surface area contributed by atoms with E-state index in [2.05, 4.69) is 34.4 Å². The summed E-state index contributed by atoms with van der Waals surface area (Å²) >= 11 is 0. The van der Waals surface area contributed by atoms with Gasteiger partial charge in [-0.3, -0.25) is 4.79 Å². The molecule has 31 heavy (non-hydrogen) atoms. The SMILES string of the molecule is CCC(CC)Nc1nc(Nc2cc(C)c(B3OCC(C)(C)O3)c(C(C)=O)c2)ncc1C. The van der Waals surface area contributed by atoms with E-state index in [1.165, 1.54) is 0 Å². The fourth-order valence-electron chi connectivity index (χ4n) is 3.71. The van der Waals surface area contributed by atoms with Crippen LogP contribution in [0.4, 0.5) is 17.5 Å². The molecule has 0 aliphatic carbocycles. The molecule has 0 atom stereocenters. The lowest BCUT2D eigenvalue weighted by atomic mass is 9.72. The normalized spacial score (nSPS) is 15.4. The summed E-state index contributed by atoms with van der Waals surface area (Å²) in [7, 11) is -0.547. The lowest BCUT2D eigenvalue weighted by Crippen LogP contribution is -2.39. The second kappa shape index (κ2) is 9.36. The van der Waals surface area contributed by atoms with E-state index >= 15 is 0 Å². The van der Waals surface area contributed by atoms with Gasteiger partial charge in [0.1, 0.15) is 5.82 Å². The third-order valence-corrected chi connectivity index (χ3v) is 5.56. The molecule has 0 spiro atoms. The number of anilines is 3. The van der Waals surface area contributed by atoms with E-state index < -0.39 is 7.12 Å². The van der Waals surface area contributed by atoms with Crippen LogP contribution >= 0.6 is 0 Å². The van der Waals surface area contributed by atoms with Gasteiger partial charge in [-0.15, -0.1) is 0 Å². The summed E-state index contributed by atoms with van der Waals surface area (Å²) in [5.74, 6) is 1.26. The van der Waals surface area contributed by atoms with Gasteiger partial charge >= 0.3 is 7.12 Å². The van der Waals surface area contributed by atoms with Crippen LogP contribution in [0.25, 0.3) is 0 Å². The molecule has 1 saturated heterocycles. The molecule has 0 bridgehead atoms. The van der Waals surface area contributed by atoms with E-state index in [-0.39, 0.29) is 11.4 Å². The fourth-order valence-corrected chi connectivity index (χ4v) is 3.71. The summed E-state index contributed by atoms with van der Waals surface area (Å²) < 4.78 is 11.9. The Bertz CT molecular complexity index is 960. The largest absolute Gasteiger partial charge is 0.495 e. The van der Waals surface area contributed by atoms with Gasteiger partial charge in [-0.05, 0) is 70.6 Å². The summed E-state index contributed by atoms with van der Waals surface area (Å²) in [4.78, 5) is 21.5.